The summed E-state index contributed by atoms with van der Waals surface area (Å²) in [4.78, 5) is 4.65. The normalized spacial score (nSPS) is 48.1. The van der Waals surface area contributed by atoms with Gasteiger partial charge in [0.25, 0.3) is 0 Å². The quantitative estimate of drug-likeness (QED) is 0.494. The lowest BCUT2D eigenvalue weighted by atomic mass is 9.51. The predicted octanol–water partition coefficient (Wildman–Crippen LogP) is 5.13. The summed E-state index contributed by atoms with van der Waals surface area (Å²) in [7, 11) is 3.74. The molecule has 8 atom stereocenters. The van der Waals surface area contributed by atoms with Crippen molar-refractivity contribution < 1.29 is 9.84 Å². The second kappa shape index (κ2) is 7.96. The third-order valence-corrected chi connectivity index (χ3v) is 8.79. The van der Waals surface area contributed by atoms with E-state index < -0.39 is 5.60 Å². The van der Waals surface area contributed by atoms with Crippen LogP contribution in [0.25, 0.3) is 10.6 Å². The van der Waals surface area contributed by atoms with E-state index in [0.717, 1.165) is 38.5 Å². The molecular formula is C23H39N3O2S-2. The van der Waals surface area contributed by atoms with E-state index in [2.05, 4.69) is 43.2 Å². The van der Waals surface area contributed by atoms with Gasteiger partial charge in [0.15, 0.2) is 0 Å². The Kier molecular flexibility index (Phi) is 6.40. The maximum atomic E-state index is 11.2. The Labute approximate surface area is 182 Å². The zero-order valence-electron chi connectivity index (χ0n) is 19.2. The topological polar surface area (TPSA) is 70.0 Å². The maximum Gasteiger partial charge on any atom is 0.0713 e. The number of aliphatic hydroxyl groups is 1. The first-order valence-corrected chi connectivity index (χ1v) is 11.5. The number of rotatable bonds is 5. The van der Waals surface area contributed by atoms with Gasteiger partial charge in [-0.05, 0) is 89.3 Å². The smallest absolute Gasteiger partial charge is 0.0713 e. The lowest BCUT2D eigenvalue weighted by Gasteiger charge is -2.63. The summed E-state index contributed by atoms with van der Waals surface area (Å²) in [6.45, 7) is 10.8. The molecule has 1 aliphatic heterocycles. The van der Waals surface area contributed by atoms with Crippen LogP contribution in [0.5, 0.6) is 0 Å². The van der Waals surface area contributed by atoms with Crippen molar-refractivity contribution in [1.29, 1.82) is 0 Å². The monoisotopic (exact) mass is 421 g/mol. The summed E-state index contributed by atoms with van der Waals surface area (Å²) in [5.74, 6) is 0.882. The molecule has 0 spiro atoms. The molecule has 3 rings (SSSR count). The van der Waals surface area contributed by atoms with Gasteiger partial charge in [-0.3, -0.25) is 0 Å². The Morgan fingerprint density at radius 2 is 1.72 bits per heavy atom. The number of isothiocyanates is 1. The molecule has 0 aromatic heterocycles. The van der Waals surface area contributed by atoms with Crippen LogP contribution in [-0.2, 0) is 4.74 Å². The summed E-state index contributed by atoms with van der Waals surface area (Å²) in [5.41, 5.74) is -1.43. The van der Waals surface area contributed by atoms with E-state index in [-0.39, 0.29) is 34.7 Å². The highest BCUT2D eigenvalue weighted by Gasteiger charge is 2.58. The van der Waals surface area contributed by atoms with Crippen molar-refractivity contribution in [3.63, 3.8) is 0 Å². The lowest BCUT2D eigenvalue weighted by molar-refractivity contribution is -0.151. The van der Waals surface area contributed by atoms with E-state index in [1.165, 1.54) is 0 Å². The molecule has 29 heavy (non-hydrogen) atoms. The van der Waals surface area contributed by atoms with Gasteiger partial charge in [0.05, 0.1) is 16.3 Å². The van der Waals surface area contributed by atoms with Crippen LogP contribution in [0.3, 0.4) is 0 Å². The zero-order chi connectivity index (χ0) is 21.7. The van der Waals surface area contributed by atoms with Gasteiger partial charge >= 0.3 is 0 Å². The fraction of sp³-hybridized carbons (Fsp3) is 0.957. The highest BCUT2D eigenvalue weighted by molar-refractivity contribution is 7.78. The SMILES string of the molecule is C[N-][C@@H]1[C@@H]2[C@@H]([C@@]3(C)CC[C@@H](C(C)(C)[N-]C)O3)CC[C@](C)(N=C=S)[C@H]2CC[C@@]1(C)O. The average Bonchev–Trinajstić information content (AvgIpc) is 3.05. The molecule has 0 radical (unpaired) electrons. The Bertz CT molecular complexity index is 663. The molecule has 6 heteroatoms. The Morgan fingerprint density at radius 3 is 2.31 bits per heavy atom. The summed E-state index contributed by atoms with van der Waals surface area (Å²) >= 11 is 5.01. The minimum Gasteiger partial charge on any atom is -0.660 e. The highest BCUT2D eigenvalue weighted by atomic mass is 32.1. The lowest BCUT2D eigenvalue weighted by Crippen LogP contribution is -2.62. The Morgan fingerprint density at radius 1 is 1.07 bits per heavy atom. The number of aliphatic imine (C=N–C) groups is 1. The fourth-order valence-electron chi connectivity index (χ4n) is 6.65. The molecule has 1 N–H and O–H groups in total. The van der Waals surface area contributed by atoms with E-state index in [9.17, 15) is 5.11 Å². The van der Waals surface area contributed by atoms with Gasteiger partial charge in [-0.2, -0.15) is 14.1 Å². The van der Waals surface area contributed by atoms with Crippen LogP contribution >= 0.6 is 12.2 Å². The van der Waals surface area contributed by atoms with Crippen LogP contribution in [0.1, 0.15) is 73.1 Å². The van der Waals surface area contributed by atoms with Crippen molar-refractivity contribution in [1.82, 2.24) is 0 Å². The number of nitrogens with zero attached hydrogens (tertiary/aromatic N) is 3. The molecule has 0 aromatic rings. The summed E-state index contributed by atoms with van der Waals surface area (Å²) in [6.07, 6.45) is 5.84. The van der Waals surface area contributed by atoms with Crippen molar-refractivity contribution in [2.24, 2.45) is 22.7 Å². The van der Waals surface area contributed by atoms with Gasteiger partial charge in [0, 0.05) is 11.7 Å². The Hall–Kier alpha value is -0.360. The number of hydrogen-bond acceptors (Lipinski definition) is 4. The predicted molar refractivity (Wildman–Crippen MR) is 122 cm³/mol. The van der Waals surface area contributed by atoms with Crippen molar-refractivity contribution >= 4 is 17.4 Å². The first kappa shape index (κ1) is 23.3. The first-order chi connectivity index (χ1) is 13.4. The molecule has 1 heterocycles. The van der Waals surface area contributed by atoms with Crippen molar-refractivity contribution in [2.45, 2.75) is 108 Å². The van der Waals surface area contributed by atoms with Crippen LogP contribution in [0.4, 0.5) is 0 Å². The van der Waals surface area contributed by atoms with Gasteiger partial charge in [-0.25, -0.2) is 4.99 Å². The first-order valence-electron chi connectivity index (χ1n) is 11.1. The minimum atomic E-state index is -0.791. The molecular weight excluding hydrogens is 382 g/mol. The standard InChI is InChI=1S/C23H39N3O2S/c1-20(2,25-7)17-10-13-23(5,28-17)16-8-11-21(3,26-14-29)15-9-12-22(4,27)19(24-6)18(15)16/h15-19,27H,8-13H2,1-7H3/q-2/t15-,16-,17-,18-,19+,21-,22+,23+/m0/s1. The van der Waals surface area contributed by atoms with Crippen molar-refractivity contribution in [3.8, 4) is 0 Å². The van der Waals surface area contributed by atoms with Crippen LogP contribution < -0.4 is 0 Å². The van der Waals surface area contributed by atoms with E-state index >= 15 is 0 Å². The fourth-order valence-corrected chi connectivity index (χ4v) is 6.86. The molecule has 2 aliphatic carbocycles. The van der Waals surface area contributed by atoms with Gasteiger partial charge in [0.2, 0.25) is 0 Å². The molecule has 166 valence electrons. The number of thiocarbonyl (C=S) groups is 1. The van der Waals surface area contributed by atoms with E-state index in [0.29, 0.717) is 11.8 Å². The van der Waals surface area contributed by atoms with Crippen LogP contribution in [0.15, 0.2) is 4.99 Å². The van der Waals surface area contributed by atoms with Crippen LogP contribution in [0, 0.1) is 17.8 Å². The van der Waals surface area contributed by atoms with Gasteiger partial charge < -0.3 is 20.5 Å². The van der Waals surface area contributed by atoms with E-state index in [1.807, 2.05) is 21.0 Å². The number of likely N-dealkylation sites (N-methyl/N-ethyl adjacent to an activating group) is 2. The van der Waals surface area contributed by atoms with Crippen LogP contribution in [0.2, 0.25) is 0 Å². The molecule has 0 aromatic carbocycles. The van der Waals surface area contributed by atoms with Gasteiger partial charge in [0.1, 0.15) is 0 Å². The van der Waals surface area contributed by atoms with E-state index in [4.69, 9.17) is 22.3 Å². The summed E-state index contributed by atoms with van der Waals surface area (Å²) < 4.78 is 6.80. The zero-order valence-corrected chi connectivity index (χ0v) is 20.1. The second-order valence-corrected chi connectivity index (χ2v) is 11.0. The second-order valence-electron chi connectivity index (χ2n) is 10.8. The largest absolute Gasteiger partial charge is 0.660 e. The molecule has 5 nitrogen and oxygen atoms in total. The number of ether oxygens (including phenoxy) is 1. The number of fused-ring (bicyclic) bond motifs is 1. The van der Waals surface area contributed by atoms with E-state index in [1.54, 1.807) is 0 Å². The number of hydrogen-bond donors (Lipinski definition) is 1. The highest BCUT2D eigenvalue weighted by Crippen LogP contribution is 2.59. The molecule has 0 amide bonds. The van der Waals surface area contributed by atoms with Crippen molar-refractivity contribution in [2.75, 3.05) is 14.1 Å². The van der Waals surface area contributed by atoms with Gasteiger partial charge in [-0.15, -0.1) is 11.6 Å². The van der Waals surface area contributed by atoms with Crippen molar-refractivity contribution in [3.05, 3.63) is 10.6 Å². The summed E-state index contributed by atoms with van der Waals surface area (Å²) in [6, 6.07) is -0.116. The molecule has 3 fully saturated rings. The van der Waals surface area contributed by atoms with Crippen LogP contribution in [-0.4, -0.2) is 58.8 Å². The molecule has 2 saturated carbocycles. The Balaban J connectivity index is 1.98. The molecule has 3 aliphatic rings. The third-order valence-electron chi connectivity index (χ3n) is 8.70. The summed E-state index contributed by atoms with van der Waals surface area (Å²) in [5, 5.41) is 23.2. The molecule has 1 saturated heterocycles. The maximum absolute atomic E-state index is 11.2. The minimum absolute atomic E-state index is 0.116. The molecule has 0 bridgehead atoms. The van der Waals surface area contributed by atoms with Gasteiger partial charge in [-0.1, -0.05) is 13.8 Å². The average molecular weight is 422 g/mol. The molecule has 0 unspecified atom stereocenters. The third kappa shape index (κ3) is 3.97.